The summed E-state index contributed by atoms with van der Waals surface area (Å²) in [6.07, 6.45) is 1.55. The van der Waals surface area contributed by atoms with E-state index in [1.54, 1.807) is 36.6 Å². The average molecular weight is 424 g/mol. The summed E-state index contributed by atoms with van der Waals surface area (Å²) in [5.41, 5.74) is 3.04. The lowest BCUT2D eigenvalue weighted by atomic mass is 10.2. The Bertz CT molecular complexity index is 1220. The number of thiazole rings is 1. The summed E-state index contributed by atoms with van der Waals surface area (Å²) in [5, 5.41) is 7.73. The van der Waals surface area contributed by atoms with Gasteiger partial charge in [0.2, 0.25) is 5.91 Å². The molecule has 2 N–H and O–H groups in total. The summed E-state index contributed by atoms with van der Waals surface area (Å²) < 4.78 is 10.8. The Kier molecular flexibility index (Phi) is 5.37. The summed E-state index contributed by atoms with van der Waals surface area (Å²) >= 11 is 1.26. The highest BCUT2D eigenvalue weighted by Gasteiger charge is 2.15. The Labute approximate surface area is 176 Å². The van der Waals surface area contributed by atoms with Crippen molar-refractivity contribution in [3.05, 3.63) is 58.8 Å². The van der Waals surface area contributed by atoms with Gasteiger partial charge in [-0.15, -0.1) is 11.3 Å². The summed E-state index contributed by atoms with van der Waals surface area (Å²) in [7, 11) is 0. The van der Waals surface area contributed by atoms with Gasteiger partial charge in [0.25, 0.3) is 5.91 Å². The van der Waals surface area contributed by atoms with Crippen molar-refractivity contribution in [2.24, 2.45) is 0 Å². The quantitative estimate of drug-likeness (QED) is 0.462. The number of nitrogens with zero attached hydrogens (tertiary/aromatic N) is 2. The fourth-order valence-electron chi connectivity index (χ4n) is 2.87. The smallest absolute Gasteiger partial charge is 0.260 e. The zero-order valence-corrected chi connectivity index (χ0v) is 17.5. The van der Waals surface area contributed by atoms with Crippen molar-refractivity contribution in [1.82, 2.24) is 9.97 Å². The molecule has 0 aliphatic heterocycles. The van der Waals surface area contributed by atoms with Crippen LogP contribution in [0.2, 0.25) is 0 Å². The predicted octanol–water partition coefficient (Wildman–Crippen LogP) is 4.74. The number of hydrogen-bond donors (Lipinski definition) is 2. The maximum atomic E-state index is 12.4. The third kappa shape index (κ3) is 4.25. The molecular formula is C21H20N4O4S. The number of nitrogens with one attached hydrogen (secondary N) is 2. The maximum Gasteiger partial charge on any atom is 0.260 e. The van der Waals surface area contributed by atoms with Gasteiger partial charge in [-0.05, 0) is 31.2 Å². The van der Waals surface area contributed by atoms with Crippen molar-refractivity contribution in [3.8, 4) is 0 Å². The Morgan fingerprint density at radius 3 is 2.73 bits per heavy atom. The molecule has 9 heteroatoms. The lowest BCUT2D eigenvalue weighted by Crippen LogP contribution is -2.15. The van der Waals surface area contributed by atoms with Crippen LogP contribution in [-0.2, 0) is 11.2 Å². The third-order valence-electron chi connectivity index (χ3n) is 4.40. The number of carbonyl (C=O) groups is 2. The molecule has 0 atom stereocenters. The van der Waals surface area contributed by atoms with Crippen molar-refractivity contribution < 1.29 is 18.4 Å². The second-order valence-electron chi connectivity index (χ2n) is 7.10. The van der Waals surface area contributed by atoms with Gasteiger partial charge in [-0.25, -0.2) is 9.97 Å². The third-order valence-corrected chi connectivity index (χ3v) is 5.21. The summed E-state index contributed by atoms with van der Waals surface area (Å²) in [5.74, 6) is 0.876. The van der Waals surface area contributed by atoms with Gasteiger partial charge >= 0.3 is 0 Å². The van der Waals surface area contributed by atoms with E-state index in [1.165, 1.54) is 17.6 Å². The fraction of sp³-hybridized carbons (Fsp3) is 0.238. The number of fused-ring (bicyclic) bond motifs is 1. The second kappa shape index (κ2) is 8.11. The van der Waals surface area contributed by atoms with Gasteiger partial charge < -0.3 is 14.2 Å². The normalized spacial score (nSPS) is 11.2. The van der Waals surface area contributed by atoms with Crippen LogP contribution in [0.15, 0.2) is 44.7 Å². The van der Waals surface area contributed by atoms with Crippen LogP contribution in [0.1, 0.15) is 47.5 Å². The molecule has 0 unspecified atom stereocenters. The van der Waals surface area contributed by atoms with E-state index < -0.39 is 0 Å². The number of hydrogen-bond acceptors (Lipinski definition) is 7. The standard InChI is InChI=1S/C21H20N4O4S/c1-11(2)20-24-16-8-13(4-5-17(16)29-20)22-18(26)9-14-10-30-21(23-14)25-19(27)15-6-7-28-12(15)3/h4-8,10-11H,9H2,1-3H3,(H,22,26)(H,23,25,27). The van der Waals surface area contributed by atoms with Gasteiger partial charge in [0, 0.05) is 17.0 Å². The number of furan rings is 1. The molecule has 4 rings (SSSR count). The highest BCUT2D eigenvalue weighted by molar-refractivity contribution is 7.14. The van der Waals surface area contributed by atoms with E-state index in [2.05, 4.69) is 20.6 Å². The zero-order valence-electron chi connectivity index (χ0n) is 16.7. The van der Waals surface area contributed by atoms with Crippen LogP contribution in [0.5, 0.6) is 0 Å². The molecule has 30 heavy (non-hydrogen) atoms. The number of aryl methyl sites for hydroxylation is 1. The maximum absolute atomic E-state index is 12.4. The Morgan fingerprint density at radius 1 is 1.17 bits per heavy atom. The fourth-order valence-corrected chi connectivity index (χ4v) is 3.58. The number of aromatic nitrogens is 2. The molecule has 0 spiro atoms. The first-order valence-electron chi connectivity index (χ1n) is 9.39. The van der Waals surface area contributed by atoms with Crippen LogP contribution < -0.4 is 10.6 Å². The SMILES string of the molecule is Cc1occc1C(=O)Nc1nc(CC(=O)Nc2ccc3oc(C(C)C)nc3c2)cs1. The number of rotatable bonds is 6. The van der Waals surface area contributed by atoms with Crippen LogP contribution in [0.25, 0.3) is 11.1 Å². The molecule has 0 saturated carbocycles. The molecule has 1 aromatic carbocycles. The highest BCUT2D eigenvalue weighted by Crippen LogP contribution is 2.24. The zero-order chi connectivity index (χ0) is 21.3. The Balaban J connectivity index is 1.38. The Morgan fingerprint density at radius 2 is 2.00 bits per heavy atom. The lowest BCUT2D eigenvalue weighted by Gasteiger charge is -2.03. The van der Waals surface area contributed by atoms with E-state index in [-0.39, 0.29) is 24.2 Å². The molecule has 0 bridgehead atoms. The second-order valence-corrected chi connectivity index (χ2v) is 7.96. The van der Waals surface area contributed by atoms with E-state index in [9.17, 15) is 9.59 Å². The van der Waals surface area contributed by atoms with E-state index in [4.69, 9.17) is 8.83 Å². The van der Waals surface area contributed by atoms with Crippen molar-refractivity contribution in [1.29, 1.82) is 0 Å². The molecule has 8 nitrogen and oxygen atoms in total. The summed E-state index contributed by atoms with van der Waals surface area (Å²) in [6, 6.07) is 6.94. The minimum Gasteiger partial charge on any atom is -0.469 e. The van der Waals surface area contributed by atoms with Crippen LogP contribution in [-0.4, -0.2) is 21.8 Å². The van der Waals surface area contributed by atoms with E-state index in [0.29, 0.717) is 44.8 Å². The van der Waals surface area contributed by atoms with Crippen LogP contribution >= 0.6 is 11.3 Å². The van der Waals surface area contributed by atoms with E-state index >= 15 is 0 Å². The lowest BCUT2D eigenvalue weighted by molar-refractivity contribution is -0.115. The van der Waals surface area contributed by atoms with Crippen LogP contribution in [0.3, 0.4) is 0 Å². The predicted molar refractivity (Wildman–Crippen MR) is 114 cm³/mol. The molecule has 2 amide bonds. The van der Waals surface area contributed by atoms with Gasteiger partial charge in [0.15, 0.2) is 16.6 Å². The molecular weight excluding hydrogens is 404 g/mol. The Hall–Kier alpha value is -3.46. The largest absolute Gasteiger partial charge is 0.469 e. The molecule has 3 aromatic heterocycles. The molecule has 0 aliphatic carbocycles. The number of oxazole rings is 1. The van der Waals surface area contributed by atoms with Crippen LogP contribution in [0.4, 0.5) is 10.8 Å². The van der Waals surface area contributed by atoms with Crippen molar-refractivity contribution in [2.75, 3.05) is 10.6 Å². The highest BCUT2D eigenvalue weighted by atomic mass is 32.1. The molecule has 0 aliphatic rings. The first kappa shape index (κ1) is 19.8. The van der Waals surface area contributed by atoms with Crippen molar-refractivity contribution >= 4 is 45.1 Å². The number of anilines is 2. The molecule has 0 fully saturated rings. The van der Waals surface area contributed by atoms with Crippen molar-refractivity contribution in [3.63, 3.8) is 0 Å². The molecule has 0 saturated heterocycles. The topological polar surface area (TPSA) is 110 Å². The minimum atomic E-state index is -0.298. The first-order chi connectivity index (χ1) is 14.4. The molecule has 0 radical (unpaired) electrons. The van der Waals surface area contributed by atoms with E-state index in [0.717, 1.165) is 0 Å². The minimum absolute atomic E-state index is 0.0885. The van der Waals surface area contributed by atoms with Gasteiger partial charge in [0.05, 0.1) is 23.9 Å². The summed E-state index contributed by atoms with van der Waals surface area (Å²) in [4.78, 5) is 33.4. The van der Waals surface area contributed by atoms with Gasteiger partial charge in [0.1, 0.15) is 11.3 Å². The van der Waals surface area contributed by atoms with E-state index in [1.807, 2.05) is 13.8 Å². The summed E-state index contributed by atoms with van der Waals surface area (Å²) in [6.45, 7) is 5.73. The monoisotopic (exact) mass is 424 g/mol. The average Bonchev–Trinajstić information content (AvgIpc) is 3.41. The van der Waals surface area contributed by atoms with Gasteiger partial charge in [-0.1, -0.05) is 13.8 Å². The van der Waals surface area contributed by atoms with Crippen molar-refractivity contribution in [2.45, 2.75) is 33.1 Å². The molecule has 3 heterocycles. The molecule has 154 valence electrons. The number of amides is 2. The number of carbonyl (C=O) groups excluding carboxylic acids is 2. The van der Waals surface area contributed by atoms with Gasteiger partial charge in [-0.2, -0.15) is 0 Å². The number of benzene rings is 1. The molecule has 4 aromatic rings. The van der Waals surface area contributed by atoms with Crippen LogP contribution in [0, 0.1) is 6.92 Å². The van der Waals surface area contributed by atoms with Gasteiger partial charge in [-0.3, -0.25) is 14.9 Å². The first-order valence-corrected chi connectivity index (χ1v) is 10.3.